The number of alkyl halides is 2. The Balaban J connectivity index is 1.74. The van der Waals surface area contributed by atoms with Gasteiger partial charge < -0.3 is 18.6 Å². The Morgan fingerprint density at radius 2 is 1.94 bits per heavy atom. The van der Waals surface area contributed by atoms with E-state index in [-0.39, 0.29) is 54.2 Å². The first-order valence-electron chi connectivity index (χ1n) is 13.4. The summed E-state index contributed by atoms with van der Waals surface area (Å²) in [6.45, 7) is 12.9. The lowest BCUT2D eigenvalue weighted by Crippen LogP contribution is -2.49. The lowest BCUT2D eigenvalue weighted by Gasteiger charge is -2.42. The van der Waals surface area contributed by atoms with E-state index in [1.54, 1.807) is 0 Å². The smallest absolute Gasteiger partial charge is 0.306 e. The molecule has 198 valence electrons. The second kappa shape index (κ2) is 11.2. The molecule has 0 spiro atoms. The largest absolute Gasteiger partial charge is 0.462 e. The van der Waals surface area contributed by atoms with E-state index in [1.165, 1.54) is 0 Å². The Morgan fingerprint density at radius 1 is 1.21 bits per heavy atom. The number of rotatable bonds is 11. The van der Waals surface area contributed by atoms with Gasteiger partial charge in [0.15, 0.2) is 14.6 Å². The molecule has 0 amide bonds. The molecule has 6 atom stereocenters. The normalized spacial score (nSPS) is 31.4. The predicted molar refractivity (Wildman–Crippen MR) is 130 cm³/mol. The van der Waals surface area contributed by atoms with Gasteiger partial charge in [0.2, 0.25) is 0 Å². The Labute approximate surface area is 205 Å². The van der Waals surface area contributed by atoms with E-state index in [0.717, 1.165) is 25.7 Å². The minimum absolute atomic E-state index is 0.00512. The van der Waals surface area contributed by atoms with Crippen LogP contribution in [0.15, 0.2) is 0 Å². The summed E-state index contributed by atoms with van der Waals surface area (Å²) >= 11 is 0. The fraction of sp³-hybridized carbons (Fsp3) is 0.962. The van der Waals surface area contributed by atoms with E-state index in [2.05, 4.69) is 20.8 Å². The van der Waals surface area contributed by atoms with Crippen molar-refractivity contribution in [2.75, 3.05) is 6.61 Å². The van der Waals surface area contributed by atoms with Gasteiger partial charge in [-0.25, -0.2) is 8.78 Å². The molecule has 0 aromatic heterocycles. The van der Waals surface area contributed by atoms with Gasteiger partial charge in [0.25, 0.3) is 5.92 Å². The van der Waals surface area contributed by atoms with Crippen molar-refractivity contribution < 1.29 is 32.2 Å². The van der Waals surface area contributed by atoms with E-state index < -0.39 is 20.3 Å². The van der Waals surface area contributed by atoms with Crippen molar-refractivity contribution in [1.82, 2.24) is 0 Å². The number of halogens is 2. The molecule has 3 fully saturated rings. The van der Waals surface area contributed by atoms with Crippen molar-refractivity contribution in [3.05, 3.63) is 0 Å². The Morgan fingerprint density at radius 3 is 2.56 bits per heavy atom. The number of hydrogen-bond acceptors (Lipinski definition) is 5. The molecule has 2 heterocycles. The number of fused-ring (bicyclic) bond motifs is 1. The third-order valence-corrected chi connectivity index (χ3v) is 12.9. The molecule has 2 unspecified atom stereocenters. The number of ether oxygens (including phenoxy) is 3. The van der Waals surface area contributed by atoms with Crippen molar-refractivity contribution in [2.24, 2.45) is 11.8 Å². The van der Waals surface area contributed by atoms with E-state index >= 15 is 8.78 Å². The van der Waals surface area contributed by atoms with Crippen LogP contribution in [-0.2, 0) is 23.4 Å². The van der Waals surface area contributed by atoms with Crippen LogP contribution in [0.3, 0.4) is 0 Å². The Hall–Kier alpha value is -0.573. The van der Waals surface area contributed by atoms with Crippen molar-refractivity contribution >= 4 is 14.3 Å². The highest BCUT2D eigenvalue weighted by Crippen LogP contribution is 2.47. The zero-order valence-corrected chi connectivity index (χ0v) is 23.0. The second-order valence-electron chi connectivity index (χ2n) is 12.1. The van der Waals surface area contributed by atoms with Crippen molar-refractivity contribution in [2.45, 2.75) is 141 Å². The van der Waals surface area contributed by atoms with Crippen LogP contribution in [0.25, 0.3) is 0 Å². The molecule has 0 aromatic carbocycles. The number of carbonyl (C=O) groups is 1. The molecule has 1 saturated carbocycles. The van der Waals surface area contributed by atoms with Gasteiger partial charge in [0.05, 0.1) is 12.5 Å². The summed E-state index contributed by atoms with van der Waals surface area (Å²) in [7, 11) is -2.39. The molecule has 2 saturated heterocycles. The molecular weight excluding hydrogens is 458 g/mol. The number of unbranched alkanes of at least 4 members (excludes halogenated alkanes) is 1. The van der Waals surface area contributed by atoms with Gasteiger partial charge in [0.1, 0.15) is 12.2 Å². The molecule has 0 N–H and O–H groups in total. The molecule has 2 aliphatic heterocycles. The average molecular weight is 505 g/mol. The summed E-state index contributed by atoms with van der Waals surface area (Å²) in [5.41, 5.74) is 0. The third kappa shape index (κ3) is 6.80. The summed E-state index contributed by atoms with van der Waals surface area (Å²) < 4.78 is 54.9. The van der Waals surface area contributed by atoms with Gasteiger partial charge in [-0.15, -0.1) is 0 Å². The van der Waals surface area contributed by atoms with Crippen molar-refractivity contribution in [3.63, 3.8) is 0 Å². The lowest BCUT2D eigenvalue weighted by atomic mass is 9.86. The van der Waals surface area contributed by atoms with Crippen LogP contribution in [0.4, 0.5) is 8.78 Å². The maximum Gasteiger partial charge on any atom is 0.306 e. The lowest BCUT2D eigenvalue weighted by molar-refractivity contribution is -0.198. The summed E-state index contributed by atoms with van der Waals surface area (Å²) in [4.78, 5) is 12.0. The van der Waals surface area contributed by atoms with Crippen LogP contribution < -0.4 is 0 Å². The van der Waals surface area contributed by atoms with Crippen LogP contribution >= 0.6 is 0 Å². The second-order valence-corrected chi connectivity index (χ2v) is 16.8. The molecule has 34 heavy (non-hydrogen) atoms. The maximum atomic E-state index is 15.4. The topological polar surface area (TPSA) is 54.0 Å². The molecule has 0 bridgehead atoms. The van der Waals surface area contributed by atoms with E-state index in [0.29, 0.717) is 32.3 Å². The third-order valence-electron chi connectivity index (χ3n) is 8.46. The zero-order valence-electron chi connectivity index (χ0n) is 22.0. The standard InChI is InChI=1S/C26H46F2O5Si/c1-7-8-14-26(27,28)22(33-34(5,6)25(2,3)4)13-12-18-19-16-23(29)31-21(19)17-20(18)32-24-11-9-10-15-30-24/h18-22,24H,7-17H2,1-6H3/t18-,19-,20-,21+,22?,24?/m1/s1. The molecule has 0 aromatic rings. The van der Waals surface area contributed by atoms with Crippen LogP contribution in [0, 0.1) is 11.8 Å². The minimum Gasteiger partial charge on any atom is -0.462 e. The molecule has 3 rings (SSSR count). The van der Waals surface area contributed by atoms with E-state index in [1.807, 2.05) is 20.0 Å². The summed E-state index contributed by atoms with van der Waals surface area (Å²) in [6, 6.07) is 0. The van der Waals surface area contributed by atoms with Crippen LogP contribution in [-0.4, -0.2) is 51.4 Å². The quantitative estimate of drug-likeness (QED) is 0.228. The Bertz CT molecular complexity index is 675. The van der Waals surface area contributed by atoms with Crippen LogP contribution in [0.1, 0.15) is 91.9 Å². The molecule has 3 aliphatic rings. The Kier molecular flexibility index (Phi) is 9.24. The zero-order chi connectivity index (χ0) is 25.1. The fourth-order valence-corrected chi connectivity index (χ4v) is 6.69. The highest BCUT2D eigenvalue weighted by Gasteiger charge is 2.53. The van der Waals surface area contributed by atoms with Crippen LogP contribution in [0.2, 0.25) is 18.1 Å². The van der Waals surface area contributed by atoms with Gasteiger partial charge >= 0.3 is 5.97 Å². The monoisotopic (exact) mass is 504 g/mol. The molecular formula is C26H46F2O5Si. The fourth-order valence-electron chi connectivity index (χ4n) is 5.33. The van der Waals surface area contributed by atoms with Crippen molar-refractivity contribution in [3.8, 4) is 0 Å². The van der Waals surface area contributed by atoms with E-state index in [4.69, 9.17) is 18.6 Å². The number of carbonyl (C=O) groups excluding carboxylic acids is 1. The molecule has 8 heteroatoms. The molecule has 0 radical (unpaired) electrons. The van der Waals surface area contributed by atoms with Gasteiger partial charge in [-0.2, -0.15) is 0 Å². The van der Waals surface area contributed by atoms with Gasteiger partial charge in [-0.05, 0) is 62.6 Å². The predicted octanol–water partition coefficient (Wildman–Crippen LogP) is 6.85. The highest BCUT2D eigenvalue weighted by atomic mass is 28.4. The maximum absolute atomic E-state index is 15.4. The number of esters is 1. The SMILES string of the molecule is CCCCC(F)(F)C(CC[C@@H]1[C@H]2CC(=O)O[C@H]2C[C@H]1OC1CCCCO1)O[Si](C)(C)C(C)(C)C. The number of hydrogen-bond donors (Lipinski definition) is 0. The van der Waals surface area contributed by atoms with Crippen molar-refractivity contribution in [1.29, 1.82) is 0 Å². The van der Waals surface area contributed by atoms with Gasteiger partial charge in [0, 0.05) is 25.4 Å². The minimum atomic E-state index is -2.88. The summed E-state index contributed by atoms with van der Waals surface area (Å²) in [5.74, 6) is -3.04. The summed E-state index contributed by atoms with van der Waals surface area (Å²) in [6.07, 6.45) is 4.10. The van der Waals surface area contributed by atoms with E-state index in [9.17, 15) is 4.79 Å². The first kappa shape index (κ1) is 28.0. The molecule has 5 nitrogen and oxygen atoms in total. The highest BCUT2D eigenvalue weighted by molar-refractivity contribution is 6.74. The summed E-state index contributed by atoms with van der Waals surface area (Å²) in [5, 5.41) is -0.153. The van der Waals surface area contributed by atoms with Crippen LogP contribution in [0.5, 0.6) is 0 Å². The van der Waals surface area contributed by atoms with Gasteiger partial charge in [-0.3, -0.25) is 4.79 Å². The first-order valence-corrected chi connectivity index (χ1v) is 16.3. The van der Waals surface area contributed by atoms with Gasteiger partial charge in [-0.1, -0.05) is 34.1 Å². The average Bonchev–Trinajstić information content (AvgIpc) is 3.25. The molecule has 1 aliphatic carbocycles. The first-order chi connectivity index (χ1) is 15.8.